The fourth-order valence-electron chi connectivity index (χ4n) is 5.94. The van der Waals surface area contributed by atoms with Crippen molar-refractivity contribution >= 4 is 12.1 Å². The van der Waals surface area contributed by atoms with E-state index in [-0.39, 0.29) is 42.7 Å². The van der Waals surface area contributed by atoms with Crippen LogP contribution in [0.1, 0.15) is 54.8 Å². The first-order valence-electron chi connectivity index (χ1n) is 12.8. The molecule has 2 heterocycles. The van der Waals surface area contributed by atoms with Gasteiger partial charge in [-0.1, -0.05) is 24.3 Å². The first-order valence-corrected chi connectivity index (χ1v) is 12.8. The molecule has 1 unspecified atom stereocenters. The Labute approximate surface area is 221 Å². The SMILES string of the molecule is O=C(NC1CCN(C2CCC(O)(c3ccccc3C(F)(F)F)CC2)C1)N1C(=O)OC[C@@H]1c1ccc(F)c(F)c1. The van der Waals surface area contributed by atoms with Crippen LogP contribution >= 0.6 is 0 Å². The summed E-state index contributed by atoms with van der Waals surface area (Å²) in [6, 6.07) is 6.38. The molecule has 2 N–H and O–H groups in total. The highest BCUT2D eigenvalue weighted by Crippen LogP contribution is 2.44. The highest BCUT2D eigenvalue weighted by Gasteiger charge is 2.45. The van der Waals surface area contributed by atoms with Gasteiger partial charge in [-0.25, -0.2) is 23.3 Å². The van der Waals surface area contributed by atoms with Crippen LogP contribution < -0.4 is 5.32 Å². The number of hydrogen-bond acceptors (Lipinski definition) is 5. The average molecular weight is 554 g/mol. The van der Waals surface area contributed by atoms with Gasteiger partial charge >= 0.3 is 18.3 Å². The Hall–Kier alpha value is -3.25. The van der Waals surface area contributed by atoms with Crippen molar-refractivity contribution in [3.05, 3.63) is 70.8 Å². The summed E-state index contributed by atoms with van der Waals surface area (Å²) in [5.41, 5.74) is -2.27. The van der Waals surface area contributed by atoms with Gasteiger partial charge in [-0.3, -0.25) is 4.90 Å². The summed E-state index contributed by atoms with van der Waals surface area (Å²) < 4.78 is 72.6. The van der Waals surface area contributed by atoms with Gasteiger partial charge in [0.1, 0.15) is 12.6 Å². The fraction of sp³-hybridized carbons (Fsp3) is 0.481. The molecule has 210 valence electrons. The smallest absolute Gasteiger partial charge is 0.418 e. The van der Waals surface area contributed by atoms with E-state index in [4.69, 9.17) is 4.74 Å². The summed E-state index contributed by atoms with van der Waals surface area (Å²) in [4.78, 5) is 28.2. The van der Waals surface area contributed by atoms with E-state index in [1.807, 2.05) is 0 Å². The molecule has 2 aromatic carbocycles. The molecule has 0 radical (unpaired) electrons. The van der Waals surface area contributed by atoms with E-state index in [0.717, 1.165) is 23.1 Å². The lowest BCUT2D eigenvalue weighted by atomic mass is 9.75. The van der Waals surface area contributed by atoms with Crippen LogP contribution in [0.5, 0.6) is 0 Å². The summed E-state index contributed by atoms with van der Waals surface area (Å²) in [6.45, 7) is 0.910. The third kappa shape index (κ3) is 5.44. The third-order valence-corrected chi connectivity index (χ3v) is 8.00. The van der Waals surface area contributed by atoms with Crippen molar-refractivity contribution in [1.82, 2.24) is 15.1 Å². The standard InChI is InChI=1S/C27H28F5N3O4/c28-21-6-5-16(13-22(21)29)23-15-39-25(37)35(23)24(36)33-17-9-12-34(14-17)18-7-10-26(38,11-8-18)19-3-1-2-4-20(19)27(30,31)32/h1-6,13,17-18,23,38H,7-12,14-15H2,(H,33,36)/t17?,18?,23-,26?/m1/s1. The minimum Gasteiger partial charge on any atom is -0.446 e. The number of carbonyl (C=O) groups excluding carboxylic acids is 2. The van der Waals surface area contributed by atoms with Crippen LogP contribution in [0.3, 0.4) is 0 Å². The Morgan fingerprint density at radius 1 is 1.05 bits per heavy atom. The summed E-state index contributed by atoms with van der Waals surface area (Å²) >= 11 is 0. The lowest BCUT2D eigenvalue weighted by molar-refractivity contribution is -0.141. The van der Waals surface area contributed by atoms with Gasteiger partial charge in [-0.2, -0.15) is 13.2 Å². The normalized spacial score (nSPS) is 28.0. The zero-order valence-corrected chi connectivity index (χ0v) is 20.9. The number of cyclic esters (lactones) is 1. The number of nitrogens with one attached hydrogen (secondary N) is 1. The van der Waals surface area contributed by atoms with Gasteiger partial charge < -0.3 is 15.2 Å². The number of hydrogen-bond donors (Lipinski definition) is 2. The topological polar surface area (TPSA) is 82.1 Å². The maximum atomic E-state index is 13.7. The molecule has 2 atom stereocenters. The van der Waals surface area contributed by atoms with Crippen LogP contribution in [0, 0.1) is 11.6 Å². The maximum absolute atomic E-state index is 13.7. The Kier molecular flexibility index (Phi) is 7.27. The molecule has 1 aliphatic carbocycles. The fourth-order valence-corrected chi connectivity index (χ4v) is 5.94. The van der Waals surface area contributed by atoms with Gasteiger partial charge in [-0.15, -0.1) is 0 Å². The van der Waals surface area contributed by atoms with Gasteiger partial charge in [0, 0.05) is 25.2 Å². The summed E-state index contributed by atoms with van der Waals surface area (Å²) in [6.07, 6.45) is -3.54. The summed E-state index contributed by atoms with van der Waals surface area (Å²) in [5, 5.41) is 14.0. The van der Waals surface area contributed by atoms with Crippen LogP contribution in [0.15, 0.2) is 42.5 Å². The Morgan fingerprint density at radius 2 is 1.77 bits per heavy atom. The lowest BCUT2D eigenvalue weighted by Crippen LogP contribution is -2.48. The number of rotatable bonds is 4. The lowest BCUT2D eigenvalue weighted by Gasteiger charge is -2.40. The van der Waals surface area contributed by atoms with E-state index in [1.165, 1.54) is 24.3 Å². The number of likely N-dealkylation sites (tertiary alicyclic amines) is 1. The van der Waals surface area contributed by atoms with Crippen LogP contribution in [-0.4, -0.2) is 58.8 Å². The van der Waals surface area contributed by atoms with E-state index in [2.05, 4.69) is 10.2 Å². The molecule has 0 aromatic heterocycles. The van der Waals surface area contributed by atoms with Gasteiger partial charge in [0.15, 0.2) is 11.6 Å². The van der Waals surface area contributed by atoms with E-state index in [9.17, 15) is 36.6 Å². The molecule has 12 heteroatoms. The molecule has 0 spiro atoms. The predicted molar refractivity (Wildman–Crippen MR) is 128 cm³/mol. The van der Waals surface area contributed by atoms with Gasteiger partial charge in [0.2, 0.25) is 0 Å². The van der Waals surface area contributed by atoms with Crippen molar-refractivity contribution in [2.45, 2.75) is 62.0 Å². The Morgan fingerprint density at radius 3 is 2.46 bits per heavy atom. The monoisotopic (exact) mass is 553 g/mol. The van der Waals surface area contributed by atoms with Crippen molar-refractivity contribution in [3.8, 4) is 0 Å². The zero-order chi connectivity index (χ0) is 27.9. The molecule has 2 aromatic rings. The first kappa shape index (κ1) is 27.3. The number of imide groups is 1. The highest BCUT2D eigenvalue weighted by atomic mass is 19.4. The van der Waals surface area contributed by atoms with Crippen molar-refractivity contribution in [2.75, 3.05) is 19.7 Å². The molecule has 39 heavy (non-hydrogen) atoms. The van der Waals surface area contributed by atoms with Crippen LogP contribution in [0.2, 0.25) is 0 Å². The van der Waals surface area contributed by atoms with E-state index >= 15 is 0 Å². The minimum absolute atomic E-state index is 0.0249. The number of halogens is 5. The molecule has 2 aliphatic heterocycles. The van der Waals surface area contributed by atoms with Crippen LogP contribution in [0.25, 0.3) is 0 Å². The number of benzene rings is 2. The molecule has 2 saturated heterocycles. The van der Waals surface area contributed by atoms with Crippen molar-refractivity contribution in [2.24, 2.45) is 0 Å². The number of amides is 3. The molecule has 3 aliphatic rings. The number of urea groups is 1. The van der Waals surface area contributed by atoms with E-state index in [1.54, 1.807) is 0 Å². The maximum Gasteiger partial charge on any atom is 0.418 e. The molecule has 3 fully saturated rings. The van der Waals surface area contributed by atoms with Gasteiger partial charge in [-0.05, 0) is 61.4 Å². The quantitative estimate of drug-likeness (QED) is 0.516. The van der Waals surface area contributed by atoms with Crippen molar-refractivity contribution in [3.63, 3.8) is 0 Å². The second-order valence-corrected chi connectivity index (χ2v) is 10.4. The largest absolute Gasteiger partial charge is 0.446 e. The van der Waals surface area contributed by atoms with Gasteiger partial charge in [0.25, 0.3) is 0 Å². The second-order valence-electron chi connectivity index (χ2n) is 10.4. The first-order chi connectivity index (χ1) is 18.5. The van der Waals surface area contributed by atoms with Gasteiger partial charge in [0.05, 0.1) is 11.2 Å². The Bertz CT molecular complexity index is 1250. The van der Waals surface area contributed by atoms with E-state index in [0.29, 0.717) is 32.4 Å². The average Bonchev–Trinajstić information content (AvgIpc) is 3.52. The van der Waals surface area contributed by atoms with Crippen LogP contribution in [-0.2, 0) is 16.5 Å². The Balaban J connectivity index is 1.19. The highest BCUT2D eigenvalue weighted by molar-refractivity contribution is 5.92. The number of nitrogens with zero attached hydrogens (tertiary/aromatic N) is 2. The second kappa shape index (κ2) is 10.4. The number of carbonyl (C=O) groups is 2. The molecule has 0 bridgehead atoms. The number of aliphatic hydroxyl groups is 1. The third-order valence-electron chi connectivity index (χ3n) is 8.00. The number of alkyl halides is 3. The molecular weight excluding hydrogens is 525 g/mol. The summed E-state index contributed by atoms with van der Waals surface area (Å²) in [7, 11) is 0. The summed E-state index contributed by atoms with van der Waals surface area (Å²) in [5.74, 6) is -2.14. The molecule has 1 saturated carbocycles. The van der Waals surface area contributed by atoms with Crippen LogP contribution in [0.4, 0.5) is 31.5 Å². The van der Waals surface area contributed by atoms with E-state index < -0.39 is 47.1 Å². The zero-order valence-electron chi connectivity index (χ0n) is 20.9. The number of ether oxygens (including phenoxy) is 1. The van der Waals surface area contributed by atoms with Crippen molar-refractivity contribution in [1.29, 1.82) is 0 Å². The molecule has 5 rings (SSSR count). The molecule has 3 amide bonds. The molecule has 7 nitrogen and oxygen atoms in total. The molecular formula is C27H28F5N3O4. The van der Waals surface area contributed by atoms with Crippen molar-refractivity contribution < 1.29 is 41.4 Å². The predicted octanol–water partition coefficient (Wildman–Crippen LogP) is 5.09. The minimum atomic E-state index is -4.56.